The normalized spacial score (nSPS) is 21.2. The molecule has 1 aromatic heterocycles. The average molecular weight is 238 g/mol. The molecule has 88 valence electrons. The van der Waals surface area contributed by atoms with E-state index in [4.69, 9.17) is 0 Å². The molecule has 0 spiro atoms. The van der Waals surface area contributed by atoms with Crippen LogP contribution in [0.15, 0.2) is 12.1 Å². The van der Waals surface area contributed by atoms with Crippen LogP contribution in [0.2, 0.25) is 0 Å². The van der Waals surface area contributed by atoms with Crippen molar-refractivity contribution >= 4 is 17.2 Å². The highest BCUT2D eigenvalue weighted by atomic mass is 32.1. The van der Waals surface area contributed by atoms with Gasteiger partial charge in [-0.15, -0.1) is 11.3 Å². The first-order valence-electron chi connectivity index (χ1n) is 5.71. The summed E-state index contributed by atoms with van der Waals surface area (Å²) in [7, 11) is 1.72. The molecule has 1 N–H and O–H groups in total. The zero-order valence-corrected chi connectivity index (χ0v) is 10.6. The third-order valence-corrected chi connectivity index (χ3v) is 4.05. The number of likely N-dealkylation sites (tertiary alicyclic amines) is 1. The van der Waals surface area contributed by atoms with E-state index < -0.39 is 0 Å². The Bertz CT molecular complexity index is 375. The van der Waals surface area contributed by atoms with Crippen LogP contribution in [0.25, 0.3) is 0 Å². The van der Waals surface area contributed by atoms with Crippen LogP contribution in [0.1, 0.15) is 22.6 Å². The number of carbonyl (C=O) groups is 1. The van der Waals surface area contributed by atoms with Crippen molar-refractivity contribution in [1.82, 2.24) is 10.2 Å². The Hall–Kier alpha value is -0.870. The molecule has 4 heteroatoms. The van der Waals surface area contributed by atoms with Gasteiger partial charge in [-0.1, -0.05) is 0 Å². The summed E-state index contributed by atoms with van der Waals surface area (Å²) in [5.74, 6) is 0.158. The molecule has 1 aliphatic heterocycles. The quantitative estimate of drug-likeness (QED) is 0.870. The highest BCUT2D eigenvalue weighted by Crippen LogP contribution is 2.23. The minimum absolute atomic E-state index is 0.0763. The predicted molar refractivity (Wildman–Crippen MR) is 66.6 cm³/mol. The van der Waals surface area contributed by atoms with Crippen molar-refractivity contribution in [2.45, 2.75) is 32.4 Å². The number of amides is 1. The van der Waals surface area contributed by atoms with E-state index in [1.54, 1.807) is 7.05 Å². The molecule has 0 unspecified atom stereocenters. The maximum Gasteiger partial charge on any atom is 0.237 e. The lowest BCUT2D eigenvalue weighted by molar-refractivity contribution is -0.125. The molecule has 16 heavy (non-hydrogen) atoms. The summed E-state index contributed by atoms with van der Waals surface area (Å²) < 4.78 is 0. The number of aryl methyl sites for hydroxylation is 1. The minimum Gasteiger partial charge on any atom is -0.358 e. The first-order valence-corrected chi connectivity index (χ1v) is 6.53. The number of likely N-dealkylation sites (N-methyl/N-ethyl adjacent to an activating group) is 1. The number of hydrogen-bond acceptors (Lipinski definition) is 3. The molecular formula is C12H18N2OS. The van der Waals surface area contributed by atoms with Gasteiger partial charge in [-0.2, -0.15) is 0 Å². The highest BCUT2D eigenvalue weighted by molar-refractivity contribution is 7.11. The lowest BCUT2D eigenvalue weighted by Crippen LogP contribution is -2.41. The second kappa shape index (κ2) is 4.97. The molecule has 1 aromatic rings. The molecule has 2 heterocycles. The Morgan fingerprint density at radius 1 is 1.62 bits per heavy atom. The van der Waals surface area contributed by atoms with Crippen LogP contribution in [-0.2, 0) is 11.3 Å². The third kappa shape index (κ3) is 2.44. The first kappa shape index (κ1) is 11.6. The van der Waals surface area contributed by atoms with E-state index >= 15 is 0 Å². The Balaban J connectivity index is 2.01. The van der Waals surface area contributed by atoms with Crippen molar-refractivity contribution in [1.29, 1.82) is 0 Å². The lowest BCUT2D eigenvalue weighted by atomic mass is 10.2. The molecule has 2 rings (SSSR count). The van der Waals surface area contributed by atoms with Gasteiger partial charge in [0.05, 0.1) is 6.04 Å². The van der Waals surface area contributed by atoms with Crippen LogP contribution in [-0.4, -0.2) is 30.4 Å². The fourth-order valence-corrected chi connectivity index (χ4v) is 3.17. The van der Waals surface area contributed by atoms with Gasteiger partial charge in [0.15, 0.2) is 0 Å². The van der Waals surface area contributed by atoms with Crippen LogP contribution in [0.5, 0.6) is 0 Å². The number of hydrogen-bond donors (Lipinski definition) is 1. The topological polar surface area (TPSA) is 32.3 Å². The first-order chi connectivity index (χ1) is 7.70. The van der Waals surface area contributed by atoms with Crippen molar-refractivity contribution in [2.75, 3.05) is 13.6 Å². The molecule has 1 amide bonds. The molecular weight excluding hydrogens is 220 g/mol. The zero-order chi connectivity index (χ0) is 11.5. The monoisotopic (exact) mass is 238 g/mol. The van der Waals surface area contributed by atoms with Crippen molar-refractivity contribution in [3.05, 3.63) is 21.9 Å². The number of carbonyl (C=O) groups excluding carboxylic acids is 1. The smallest absolute Gasteiger partial charge is 0.237 e. The Morgan fingerprint density at radius 3 is 3.06 bits per heavy atom. The molecule has 0 radical (unpaired) electrons. The van der Waals surface area contributed by atoms with E-state index in [1.807, 2.05) is 11.3 Å². The van der Waals surface area contributed by atoms with Crippen molar-refractivity contribution in [2.24, 2.45) is 0 Å². The molecule has 1 saturated heterocycles. The Labute approximate surface area is 100 Å². The molecule has 0 saturated carbocycles. The fraction of sp³-hybridized carbons (Fsp3) is 0.583. The number of thiophene rings is 1. The number of nitrogens with one attached hydrogen (secondary N) is 1. The summed E-state index contributed by atoms with van der Waals surface area (Å²) in [5, 5.41) is 2.75. The lowest BCUT2D eigenvalue weighted by Gasteiger charge is -2.22. The van der Waals surface area contributed by atoms with Gasteiger partial charge >= 0.3 is 0 Å². The van der Waals surface area contributed by atoms with Crippen molar-refractivity contribution < 1.29 is 4.79 Å². The largest absolute Gasteiger partial charge is 0.358 e. The summed E-state index contributed by atoms with van der Waals surface area (Å²) in [6.07, 6.45) is 2.12. The minimum atomic E-state index is 0.0763. The summed E-state index contributed by atoms with van der Waals surface area (Å²) >= 11 is 1.82. The molecule has 0 aliphatic carbocycles. The van der Waals surface area contributed by atoms with Gasteiger partial charge in [-0.05, 0) is 38.4 Å². The molecule has 0 bridgehead atoms. The number of nitrogens with zero attached hydrogens (tertiary/aromatic N) is 1. The van der Waals surface area contributed by atoms with E-state index in [9.17, 15) is 4.79 Å². The molecule has 3 nitrogen and oxygen atoms in total. The Morgan fingerprint density at radius 2 is 2.44 bits per heavy atom. The standard InChI is InChI=1S/C12H18N2OS/c1-9-5-6-10(16-9)8-14-7-3-4-11(14)12(15)13-2/h5-6,11H,3-4,7-8H2,1-2H3,(H,13,15)/t11-/m1/s1. The maximum absolute atomic E-state index is 11.7. The van der Waals surface area contributed by atoms with Gasteiger partial charge in [0, 0.05) is 23.3 Å². The number of rotatable bonds is 3. The molecule has 1 aliphatic rings. The fourth-order valence-electron chi connectivity index (χ4n) is 2.25. The van der Waals surface area contributed by atoms with Crippen molar-refractivity contribution in [3.63, 3.8) is 0 Å². The van der Waals surface area contributed by atoms with Crippen LogP contribution in [0.3, 0.4) is 0 Å². The summed E-state index contributed by atoms with van der Waals surface area (Å²) in [6.45, 7) is 4.07. The van der Waals surface area contributed by atoms with Gasteiger partial charge < -0.3 is 5.32 Å². The summed E-state index contributed by atoms with van der Waals surface area (Å²) in [5.41, 5.74) is 0. The van der Waals surface area contributed by atoms with Crippen LogP contribution in [0.4, 0.5) is 0 Å². The van der Waals surface area contributed by atoms with E-state index in [1.165, 1.54) is 9.75 Å². The zero-order valence-electron chi connectivity index (χ0n) is 9.82. The van der Waals surface area contributed by atoms with Crippen LogP contribution in [0, 0.1) is 6.92 Å². The van der Waals surface area contributed by atoms with E-state index in [0.29, 0.717) is 0 Å². The molecule has 1 atom stereocenters. The van der Waals surface area contributed by atoms with Gasteiger partial charge in [0.2, 0.25) is 5.91 Å². The van der Waals surface area contributed by atoms with E-state index in [0.717, 1.165) is 25.9 Å². The molecule has 1 fully saturated rings. The summed E-state index contributed by atoms with van der Waals surface area (Å²) in [6, 6.07) is 4.39. The van der Waals surface area contributed by atoms with E-state index in [-0.39, 0.29) is 11.9 Å². The summed E-state index contributed by atoms with van der Waals surface area (Å²) in [4.78, 5) is 16.6. The van der Waals surface area contributed by atoms with Crippen LogP contribution >= 0.6 is 11.3 Å². The van der Waals surface area contributed by atoms with E-state index in [2.05, 4.69) is 29.3 Å². The van der Waals surface area contributed by atoms with Gasteiger partial charge in [-0.3, -0.25) is 9.69 Å². The van der Waals surface area contributed by atoms with Gasteiger partial charge in [-0.25, -0.2) is 0 Å². The second-order valence-corrected chi connectivity index (χ2v) is 5.63. The SMILES string of the molecule is CNC(=O)[C@H]1CCCN1Cc1ccc(C)s1. The van der Waals surface area contributed by atoms with Crippen molar-refractivity contribution in [3.8, 4) is 0 Å². The average Bonchev–Trinajstić information content (AvgIpc) is 2.87. The maximum atomic E-state index is 11.7. The molecule has 0 aromatic carbocycles. The van der Waals surface area contributed by atoms with Gasteiger partial charge in [0.25, 0.3) is 0 Å². The Kier molecular flexibility index (Phi) is 3.61. The highest BCUT2D eigenvalue weighted by Gasteiger charge is 2.29. The second-order valence-electron chi connectivity index (χ2n) is 4.26. The van der Waals surface area contributed by atoms with Crippen LogP contribution < -0.4 is 5.32 Å². The third-order valence-electron chi connectivity index (χ3n) is 3.07. The predicted octanol–water partition coefficient (Wildman–Crippen LogP) is 1.77. The van der Waals surface area contributed by atoms with Gasteiger partial charge in [0.1, 0.15) is 0 Å².